The molecule has 1 aromatic rings. The predicted octanol–water partition coefficient (Wildman–Crippen LogP) is 3.89. The van der Waals surface area contributed by atoms with Crippen molar-refractivity contribution in [3.8, 4) is 5.75 Å². The van der Waals surface area contributed by atoms with E-state index in [4.69, 9.17) is 4.74 Å². The minimum Gasteiger partial charge on any atom is -0.487 e. The van der Waals surface area contributed by atoms with Crippen molar-refractivity contribution in [2.75, 3.05) is 13.1 Å². The van der Waals surface area contributed by atoms with Crippen LogP contribution in [0, 0.1) is 5.92 Å². The second-order valence-electron chi connectivity index (χ2n) is 7.63. The van der Waals surface area contributed by atoms with Gasteiger partial charge in [-0.15, -0.1) is 0 Å². The summed E-state index contributed by atoms with van der Waals surface area (Å²) in [5.74, 6) is 1.78. The van der Waals surface area contributed by atoms with Gasteiger partial charge in [-0.3, -0.25) is 4.90 Å². The molecule has 1 saturated heterocycles. The van der Waals surface area contributed by atoms with Gasteiger partial charge in [0.25, 0.3) is 0 Å². The number of likely N-dealkylation sites (tertiary alicyclic amines) is 1. The number of benzene rings is 1. The first-order chi connectivity index (χ1) is 9.38. The molecule has 0 N–H and O–H groups in total. The van der Waals surface area contributed by atoms with Crippen LogP contribution in [0.1, 0.15) is 46.1 Å². The first-order valence-electron chi connectivity index (χ1n) is 7.90. The lowest BCUT2D eigenvalue weighted by atomic mass is 9.78. The van der Waals surface area contributed by atoms with Gasteiger partial charge in [-0.25, -0.2) is 0 Å². The highest BCUT2D eigenvalue weighted by Crippen LogP contribution is 2.42. The van der Waals surface area contributed by atoms with Crippen molar-refractivity contribution in [1.29, 1.82) is 0 Å². The monoisotopic (exact) mass is 273 g/mol. The number of ether oxygens (including phenoxy) is 1. The van der Waals surface area contributed by atoms with Crippen molar-refractivity contribution in [1.82, 2.24) is 4.90 Å². The maximum absolute atomic E-state index is 6.34. The van der Waals surface area contributed by atoms with Crippen LogP contribution in [0.3, 0.4) is 0 Å². The topological polar surface area (TPSA) is 12.5 Å². The van der Waals surface area contributed by atoms with E-state index in [0.717, 1.165) is 12.2 Å². The molecule has 20 heavy (non-hydrogen) atoms. The van der Waals surface area contributed by atoms with Crippen LogP contribution in [0.4, 0.5) is 0 Å². The van der Waals surface area contributed by atoms with E-state index in [9.17, 15) is 0 Å². The van der Waals surface area contributed by atoms with Gasteiger partial charge in [0, 0.05) is 17.9 Å². The summed E-state index contributed by atoms with van der Waals surface area (Å²) in [4.78, 5) is 2.61. The third-order valence-corrected chi connectivity index (χ3v) is 5.16. The molecule has 0 bridgehead atoms. The quantitative estimate of drug-likeness (QED) is 0.769. The Hall–Kier alpha value is -1.02. The van der Waals surface area contributed by atoms with E-state index in [2.05, 4.69) is 56.9 Å². The molecule has 2 aliphatic heterocycles. The molecule has 110 valence electrons. The summed E-state index contributed by atoms with van der Waals surface area (Å²) in [7, 11) is 0. The van der Waals surface area contributed by atoms with Crippen LogP contribution in [0.5, 0.6) is 5.75 Å². The standard InChI is InChI=1S/C18H27NO/c1-17(2,3)19-11-9-15(10-12-19)18(4)13-14-7-5-6-8-16(14)20-18/h5-8,15H,9-13H2,1-4H3. The van der Waals surface area contributed by atoms with E-state index in [0.29, 0.717) is 11.5 Å². The van der Waals surface area contributed by atoms with E-state index < -0.39 is 0 Å². The molecular formula is C18H27NO. The summed E-state index contributed by atoms with van der Waals surface area (Å²) in [5.41, 5.74) is 1.69. The summed E-state index contributed by atoms with van der Waals surface area (Å²) in [6, 6.07) is 8.53. The molecule has 2 heteroatoms. The molecule has 0 radical (unpaired) electrons. The Morgan fingerprint density at radius 3 is 2.40 bits per heavy atom. The average Bonchev–Trinajstić information content (AvgIpc) is 2.75. The Kier molecular flexibility index (Phi) is 3.32. The van der Waals surface area contributed by atoms with Crippen LogP contribution in [0.25, 0.3) is 0 Å². The zero-order valence-electron chi connectivity index (χ0n) is 13.3. The Balaban J connectivity index is 1.68. The minimum absolute atomic E-state index is 0.00760. The molecule has 0 amide bonds. The Morgan fingerprint density at radius 2 is 1.80 bits per heavy atom. The van der Waals surface area contributed by atoms with E-state index in [1.165, 1.54) is 31.5 Å². The highest BCUT2D eigenvalue weighted by atomic mass is 16.5. The van der Waals surface area contributed by atoms with Crippen molar-refractivity contribution in [3.63, 3.8) is 0 Å². The number of nitrogens with zero attached hydrogens (tertiary/aromatic N) is 1. The third kappa shape index (κ3) is 2.46. The van der Waals surface area contributed by atoms with Crippen LogP contribution in [0.2, 0.25) is 0 Å². The van der Waals surface area contributed by atoms with Crippen molar-refractivity contribution in [2.45, 2.75) is 58.1 Å². The first-order valence-corrected chi connectivity index (χ1v) is 7.90. The minimum atomic E-state index is 0.00760. The van der Waals surface area contributed by atoms with Gasteiger partial charge in [-0.05, 0) is 65.3 Å². The van der Waals surface area contributed by atoms with Gasteiger partial charge in [-0.2, -0.15) is 0 Å². The van der Waals surface area contributed by atoms with Gasteiger partial charge in [0.1, 0.15) is 11.4 Å². The molecular weight excluding hydrogens is 246 g/mol. The average molecular weight is 273 g/mol. The van der Waals surface area contributed by atoms with Gasteiger partial charge >= 0.3 is 0 Å². The van der Waals surface area contributed by atoms with Gasteiger partial charge in [-0.1, -0.05) is 18.2 Å². The molecule has 0 aliphatic carbocycles. The van der Waals surface area contributed by atoms with E-state index in [1.807, 2.05) is 0 Å². The molecule has 1 aromatic carbocycles. The van der Waals surface area contributed by atoms with Crippen LogP contribution in [-0.2, 0) is 6.42 Å². The molecule has 0 spiro atoms. The van der Waals surface area contributed by atoms with Crippen molar-refractivity contribution in [2.24, 2.45) is 5.92 Å². The second-order valence-corrected chi connectivity index (χ2v) is 7.63. The number of hydrogen-bond donors (Lipinski definition) is 0. The fraction of sp³-hybridized carbons (Fsp3) is 0.667. The van der Waals surface area contributed by atoms with Gasteiger partial charge in [0.05, 0.1) is 0 Å². The van der Waals surface area contributed by atoms with Crippen LogP contribution in [0.15, 0.2) is 24.3 Å². The molecule has 2 aliphatic rings. The first kappa shape index (κ1) is 13.9. The van der Waals surface area contributed by atoms with Crippen LogP contribution in [-0.4, -0.2) is 29.1 Å². The number of hydrogen-bond acceptors (Lipinski definition) is 2. The van der Waals surface area contributed by atoms with E-state index >= 15 is 0 Å². The number of piperidine rings is 1. The predicted molar refractivity (Wildman–Crippen MR) is 83.2 cm³/mol. The van der Waals surface area contributed by atoms with Crippen LogP contribution < -0.4 is 4.74 Å². The van der Waals surface area contributed by atoms with Crippen molar-refractivity contribution >= 4 is 0 Å². The molecule has 3 rings (SSSR count). The lowest BCUT2D eigenvalue weighted by Crippen LogP contribution is -2.51. The summed E-state index contributed by atoms with van der Waals surface area (Å²) in [6.07, 6.45) is 3.58. The SMILES string of the molecule is CC1(C2CCN(C(C)(C)C)CC2)Cc2ccccc2O1. The fourth-order valence-corrected chi connectivity index (χ4v) is 3.80. The molecule has 1 atom stereocenters. The molecule has 1 fully saturated rings. The fourth-order valence-electron chi connectivity index (χ4n) is 3.80. The normalized spacial score (nSPS) is 28.2. The lowest BCUT2D eigenvalue weighted by molar-refractivity contribution is -0.00714. The largest absolute Gasteiger partial charge is 0.487 e. The number of fused-ring (bicyclic) bond motifs is 1. The third-order valence-electron chi connectivity index (χ3n) is 5.16. The van der Waals surface area contributed by atoms with E-state index in [1.54, 1.807) is 0 Å². The number of para-hydroxylation sites is 1. The zero-order chi connectivity index (χ0) is 14.4. The second kappa shape index (κ2) is 4.77. The molecule has 2 heterocycles. The molecule has 1 unspecified atom stereocenters. The highest BCUT2D eigenvalue weighted by molar-refractivity contribution is 5.39. The highest BCUT2D eigenvalue weighted by Gasteiger charge is 2.43. The van der Waals surface area contributed by atoms with Crippen LogP contribution >= 0.6 is 0 Å². The Bertz CT molecular complexity index is 455. The van der Waals surface area contributed by atoms with Gasteiger partial charge < -0.3 is 4.74 Å². The maximum atomic E-state index is 6.34. The summed E-state index contributed by atoms with van der Waals surface area (Å²) in [5, 5.41) is 0. The maximum Gasteiger partial charge on any atom is 0.123 e. The van der Waals surface area contributed by atoms with Crippen molar-refractivity contribution in [3.05, 3.63) is 29.8 Å². The van der Waals surface area contributed by atoms with Crippen molar-refractivity contribution < 1.29 is 4.74 Å². The molecule has 0 saturated carbocycles. The lowest BCUT2D eigenvalue weighted by Gasteiger charge is -2.44. The van der Waals surface area contributed by atoms with Gasteiger partial charge in [0.15, 0.2) is 0 Å². The summed E-state index contributed by atoms with van der Waals surface area (Å²) >= 11 is 0. The van der Waals surface area contributed by atoms with E-state index in [-0.39, 0.29) is 5.60 Å². The van der Waals surface area contributed by atoms with Gasteiger partial charge in [0.2, 0.25) is 0 Å². The summed E-state index contributed by atoms with van der Waals surface area (Å²) < 4.78 is 6.34. The smallest absolute Gasteiger partial charge is 0.123 e. The Labute approximate surface area is 123 Å². The molecule has 2 nitrogen and oxygen atoms in total. The Morgan fingerprint density at radius 1 is 1.15 bits per heavy atom. The molecule has 0 aromatic heterocycles. The summed E-state index contributed by atoms with van der Waals surface area (Å²) in [6.45, 7) is 11.7. The zero-order valence-corrected chi connectivity index (χ0v) is 13.3. The number of rotatable bonds is 1.